The molecule has 1 heterocycles. The van der Waals surface area contributed by atoms with Gasteiger partial charge in [-0.05, 0) is 19.9 Å². The quantitative estimate of drug-likeness (QED) is 0.857. The van der Waals surface area contributed by atoms with Crippen LogP contribution in [0.15, 0.2) is 29.2 Å². The largest absolute Gasteiger partial charge is 0.479 e. The molecule has 116 valence electrons. The predicted octanol–water partition coefficient (Wildman–Crippen LogP) is 0.930. The third-order valence-electron chi connectivity index (χ3n) is 3.79. The van der Waals surface area contributed by atoms with Crippen LogP contribution in [0.2, 0.25) is 0 Å². The second-order valence-electron chi connectivity index (χ2n) is 5.26. The number of aliphatic carboxylic acids is 1. The van der Waals surface area contributed by atoms with E-state index in [1.807, 2.05) is 0 Å². The van der Waals surface area contributed by atoms with E-state index in [2.05, 4.69) is 0 Å². The van der Waals surface area contributed by atoms with Gasteiger partial charge in [0.05, 0.1) is 22.9 Å². The van der Waals surface area contributed by atoms with Crippen LogP contribution in [-0.4, -0.2) is 42.6 Å². The van der Waals surface area contributed by atoms with Gasteiger partial charge in [0.25, 0.3) is 0 Å². The number of aliphatic hydroxyl groups excluding tert-OH is 1. The van der Waals surface area contributed by atoms with E-state index in [1.54, 1.807) is 19.1 Å². The first kappa shape index (κ1) is 15.9. The molecule has 0 amide bonds. The smallest absolute Gasteiger partial charge is 0.340 e. The summed E-state index contributed by atoms with van der Waals surface area (Å²) in [7, 11) is -3.51. The van der Waals surface area contributed by atoms with Crippen molar-refractivity contribution in [1.82, 2.24) is 0 Å². The van der Waals surface area contributed by atoms with Crippen molar-refractivity contribution in [1.29, 1.82) is 0 Å². The lowest BCUT2D eigenvalue weighted by molar-refractivity contribution is -0.184. The molecule has 0 aromatic heterocycles. The van der Waals surface area contributed by atoms with Crippen LogP contribution in [0, 0.1) is 0 Å². The number of hydrogen-bond acceptors (Lipinski definition) is 5. The standard InChI is InChI=1S/C14H18O6S/c1-9(15)10(2)20-14(13(16)17)7-8-21(18,19)12-6-4-3-5-11(12)14/h3-6,9-10,15H,7-8H2,1-2H3,(H,16,17). The Morgan fingerprint density at radius 1 is 1.33 bits per heavy atom. The summed E-state index contributed by atoms with van der Waals surface area (Å²) in [5, 5.41) is 19.2. The Hall–Kier alpha value is -1.44. The minimum atomic E-state index is -3.51. The molecule has 2 rings (SSSR count). The molecule has 0 saturated carbocycles. The van der Waals surface area contributed by atoms with Crippen LogP contribution in [0.4, 0.5) is 0 Å². The molecule has 0 radical (unpaired) electrons. The average Bonchev–Trinajstić information content (AvgIpc) is 2.42. The van der Waals surface area contributed by atoms with Crippen molar-refractivity contribution in [3.05, 3.63) is 29.8 Å². The molecule has 1 aromatic carbocycles. The molecule has 2 N–H and O–H groups in total. The van der Waals surface area contributed by atoms with Crippen LogP contribution in [0.3, 0.4) is 0 Å². The van der Waals surface area contributed by atoms with Gasteiger partial charge in [0.2, 0.25) is 0 Å². The number of hydrogen-bond donors (Lipinski definition) is 2. The first-order valence-electron chi connectivity index (χ1n) is 6.62. The molecule has 0 aliphatic carbocycles. The third kappa shape index (κ3) is 2.68. The minimum Gasteiger partial charge on any atom is -0.479 e. The van der Waals surface area contributed by atoms with Crippen LogP contribution >= 0.6 is 0 Å². The zero-order chi connectivity index (χ0) is 15.8. The lowest BCUT2D eigenvalue weighted by Crippen LogP contribution is -2.47. The number of carbonyl (C=O) groups is 1. The van der Waals surface area contributed by atoms with Gasteiger partial charge in [-0.15, -0.1) is 0 Å². The van der Waals surface area contributed by atoms with Gasteiger partial charge in [-0.3, -0.25) is 0 Å². The van der Waals surface area contributed by atoms with Gasteiger partial charge in [0, 0.05) is 12.0 Å². The number of aliphatic hydroxyl groups is 1. The van der Waals surface area contributed by atoms with Crippen molar-refractivity contribution in [2.45, 2.75) is 43.0 Å². The zero-order valence-corrected chi connectivity index (χ0v) is 12.6. The minimum absolute atomic E-state index is 0.0172. The number of carboxylic acids is 1. The van der Waals surface area contributed by atoms with Crippen LogP contribution in [0.5, 0.6) is 0 Å². The summed E-state index contributed by atoms with van der Waals surface area (Å²) >= 11 is 0. The van der Waals surface area contributed by atoms with Crippen LogP contribution in [0.25, 0.3) is 0 Å². The number of carboxylic acid groups (broad SMARTS) is 1. The molecule has 6 nitrogen and oxygen atoms in total. The van der Waals surface area contributed by atoms with E-state index < -0.39 is 33.6 Å². The highest BCUT2D eigenvalue weighted by Crippen LogP contribution is 2.41. The molecule has 1 aromatic rings. The maximum Gasteiger partial charge on any atom is 0.340 e. The molecule has 3 atom stereocenters. The van der Waals surface area contributed by atoms with Crippen LogP contribution in [0.1, 0.15) is 25.8 Å². The first-order chi connectivity index (χ1) is 9.70. The third-order valence-corrected chi connectivity index (χ3v) is 5.56. The fourth-order valence-corrected chi connectivity index (χ4v) is 4.03. The van der Waals surface area contributed by atoms with E-state index in [4.69, 9.17) is 4.74 Å². The highest BCUT2D eigenvalue weighted by atomic mass is 32.2. The Bertz CT molecular complexity index is 651. The Balaban J connectivity index is 2.61. The van der Waals surface area contributed by atoms with E-state index in [0.29, 0.717) is 0 Å². The van der Waals surface area contributed by atoms with Gasteiger partial charge in [-0.1, -0.05) is 18.2 Å². The van der Waals surface area contributed by atoms with Crippen molar-refractivity contribution in [3.63, 3.8) is 0 Å². The Morgan fingerprint density at radius 2 is 1.95 bits per heavy atom. The topological polar surface area (TPSA) is 101 Å². The van der Waals surface area contributed by atoms with Gasteiger partial charge < -0.3 is 14.9 Å². The van der Waals surface area contributed by atoms with Gasteiger partial charge >= 0.3 is 5.97 Å². The fourth-order valence-electron chi connectivity index (χ4n) is 2.40. The average molecular weight is 314 g/mol. The Kier molecular flexibility index (Phi) is 4.10. The molecule has 0 spiro atoms. The van der Waals surface area contributed by atoms with E-state index in [1.165, 1.54) is 19.1 Å². The summed E-state index contributed by atoms with van der Waals surface area (Å²) < 4.78 is 29.8. The van der Waals surface area contributed by atoms with Gasteiger partial charge in [-0.25, -0.2) is 13.2 Å². The second-order valence-corrected chi connectivity index (χ2v) is 7.34. The molecule has 0 bridgehead atoms. The maximum absolute atomic E-state index is 12.1. The van der Waals surface area contributed by atoms with Crippen molar-refractivity contribution < 1.29 is 28.2 Å². The van der Waals surface area contributed by atoms with E-state index >= 15 is 0 Å². The van der Waals surface area contributed by atoms with Gasteiger partial charge in [0.1, 0.15) is 0 Å². The SMILES string of the molecule is CC(O)C(C)OC1(C(=O)O)CCS(=O)(=O)c2ccccc21. The molecule has 1 aliphatic heterocycles. The molecule has 0 fully saturated rings. The summed E-state index contributed by atoms with van der Waals surface area (Å²) in [6.07, 6.45) is -1.79. The number of benzene rings is 1. The predicted molar refractivity (Wildman–Crippen MR) is 74.7 cm³/mol. The first-order valence-corrected chi connectivity index (χ1v) is 8.27. The van der Waals surface area contributed by atoms with Gasteiger partial charge in [-0.2, -0.15) is 0 Å². The number of fused-ring (bicyclic) bond motifs is 1. The van der Waals surface area contributed by atoms with E-state index in [9.17, 15) is 23.4 Å². The van der Waals surface area contributed by atoms with Crippen molar-refractivity contribution >= 4 is 15.8 Å². The molecule has 7 heteroatoms. The number of rotatable bonds is 4. The van der Waals surface area contributed by atoms with Gasteiger partial charge in [0.15, 0.2) is 15.4 Å². The number of sulfone groups is 1. The molecule has 3 unspecified atom stereocenters. The molecule has 21 heavy (non-hydrogen) atoms. The summed E-state index contributed by atoms with van der Waals surface area (Å²) in [6.45, 7) is 3.05. The monoisotopic (exact) mass is 314 g/mol. The number of ether oxygens (including phenoxy) is 1. The summed E-state index contributed by atoms with van der Waals surface area (Å²) in [6, 6.07) is 5.97. The van der Waals surface area contributed by atoms with E-state index in [-0.39, 0.29) is 22.6 Å². The summed E-state index contributed by atoms with van der Waals surface area (Å²) in [5.41, 5.74) is -1.63. The maximum atomic E-state index is 12.1. The van der Waals surface area contributed by atoms with Crippen molar-refractivity contribution in [3.8, 4) is 0 Å². The van der Waals surface area contributed by atoms with Crippen molar-refractivity contribution in [2.75, 3.05) is 5.75 Å². The molecule has 1 aliphatic rings. The van der Waals surface area contributed by atoms with E-state index in [0.717, 1.165) is 0 Å². The molecular weight excluding hydrogens is 296 g/mol. The lowest BCUT2D eigenvalue weighted by Gasteiger charge is -2.37. The normalized spacial score (nSPS) is 26.6. The Morgan fingerprint density at radius 3 is 2.52 bits per heavy atom. The second kappa shape index (κ2) is 5.40. The Labute approximate surface area is 123 Å². The van der Waals surface area contributed by atoms with Crippen LogP contribution < -0.4 is 0 Å². The fraction of sp³-hybridized carbons (Fsp3) is 0.500. The van der Waals surface area contributed by atoms with Crippen molar-refractivity contribution in [2.24, 2.45) is 0 Å². The zero-order valence-electron chi connectivity index (χ0n) is 11.8. The highest BCUT2D eigenvalue weighted by molar-refractivity contribution is 7.91. The molecule has 0 saturated heterocycles. The lowest BCUT2D eigenvalue weighted by atomic mass is 9.89. The van der Waals surface area contributed by atoms with Crippen LogP contribution in [-0.2, 0) is 25.0 Å². The highest BCUT2D eigenvalue weighted by Gasteiger charge is 2.50. The summed E-state index contributed by atoms with van der Waals surface area (Å²) in [4.78, 5) is 11.8. The molecular formula is C14H18O6S. The summed E-state index contributed by atoms with van der Waals surface area (Å²) in [5.74, 6) is -1.56.